The highest BCUT2D eigenvalue weighted by Crippen LogP contribution is 2.45. The molecule has 0 saturated heterocycles. The van der Waals surface area contributed by atoms with Crippen molar-refractivity contribution in [1.29, 1.82) is 0 Å². The second-order valence-corrected chi connectivity index (χ2v) is 8.36. The maximum Gasteiger partial charge on any atom is 0.255 e. The molecule has 0 bridgehead atoms. The van der Waals surface area contributed by atoms with Gasteiger partial charge in [-0.25, -0.2) is 0 Å². The molecule has 3 amide bonds. The zero-order valence-electron chi connectivity index (χ0n) is 19.1. The summed E-state index contributed by atoms with van der Waals surface area (Å²) in [7, 11) is 1.61. The number of para-hydroxylation sites is 1. The van der Waals surface area contributed by atoms with E-state index in [-0.39, 0.29) is 19.0 Å². The summed E-state index contributed by atoms with van der Waals surface area (Å²) in [5.41, 5.74) is 10.1. The third-order valence-corrected chi connectivity index (χ3v) is 6.21. The van der Waals surface area contributed by atoms with Crippen LogP contribution >= 0.6 is 0 Å². The Kier molecular flexibility index (Phi) is 5.70. The van der Waals surface area contributed by atoms with Crippen LogP contribution in [0.4, 0.5) is 0 Å². The van der Waals surface area contributed by atoms with Crippen LogP contribution in [-0.4, -0.2) is 47.8 Å². The number of nitrogens with zero attached hydrogens (tertiary/aromatic N) is 1. The van der Waals surface area contributed by atoms with Crippen molar-refractivity contribution in [2.75, 3.05) is 20.2 Å². The van der Waals surface area contributed by atoms with Gasteiger partial charge in [-0.05, 0) is 29.8 Å². The molecule has 176 valence electrons. The second kappa shape index (κ2) is 8.98. The average Bonchev–Trinajstić information content (AvgIpc) is 3.38. The molecule has 0 saturated carbocycles. The predicted molar refractivity (Wildman–Crippen MR) is 132 cm³/mol. The normalized spacial score (nSPS) is 14.7. The number of fused-ring (bicyclic) bond motifs is 2. The third kappa shape index (κ3) is 3.99. The number of benzene rings is 3. The summed E-state index contributed by atoms with van der Waals surface area (Å²) in [4.78, 5) is 42.4. The van der Waals surface area contributed by atoms with E-state index in [2.05, 4.69) is 10.3 Å². The van der Waals surface area contributed by atoms with Crippen molar-refractivity contribution in [3.63, 3.8) is 0 Å². The number of carbonyl (C=O) groups is 3. The second-order valence-electron chi connectivity index (χ2n) is 8.36. The summed E-state index contributed by atoms with van der Waals surface area (Å²) < 4.78 is 5.44. The topological polar surface area (TPSA) is 118 Å². The fraction of sp³-hybridized carbons (Fsp3) is 0.148. The van der Waals surface area contributed by atoms with Gasteiger partial charge in [-0.15, -0.1) is 0 Å². The van der Waals surface area contributed by atoms with E-state index < -0.39 is 17.9 Å². The van der Waals surface area contributed by atoms with Crippen LogP contribution < -0.4 is 15.8 Å². The maximum atomic E-state index is 13.5. The molecule has 1 aliphatic heterocycles. The molecule has 35 heavy (non-hydrogen) atoms. The summed E-state index contributed by atoms with van der Waals surface area (Å²) in [6.45, 7) is -0.511. The van der Waals surface area contributed by atoms with Crippen LogP contribution in [0, 0.1) is 0 Å². The van der Waals surface area contributed by atoms with E-state index in [1.807, 2.05) is 66.7 Å². The largest absolute Gasteiger partial charge is 0.497 e. The quantitative estimate of drug-likeness (QED) is 0.386. The molecule has 0 spiro atoms. The minimum atomic E-state index is -0.650. The molecular weight excluding hydrogens is 444 g/mol. The van der Waals surface area contributed by atoms with Crippen LogP contribution in [-0.2, 0) is 9.59 Å². The van der Waals surface area contributed by atoms with Gasteiger partial charge in [0, 0.05) is 27.6 Å². The number of nitrogens with two attached hydrogens (primary N) is 1. The molecule has 1 aromatic heterocycles. The molecular formula is C27H24N4O4. The smallest absolute Gasteiger partial charge is 0.255 e. The summed E-state index contributed by atoms with van der Waals surface area (Å²) in [5, 5.41) is 3.44. The van der Waals surface area contributed by atoms with E-state index in [1.54, 1.807) is 18.1 Å². The van der Waals surface area contributed by atoms with Crippen LogP contribution in [0.25, 0.3) is 22.2 Å². The van der Waals surface area contributed by atoms with E-state index in [9.17, 15) is 14.4 Å². The van der Waals surface area contributed by atoms with Crippen molar-refractivity contribution >= 4 is 28.6 Å². The number of aromatic amines is 1. The number of carbonyl (C=O) groups excluding carboxylic acids is 3. The number of ether oxygens (including phenoxy) is 1. The van der Waals surface area contributed by atoms with Gasteiger partial charge in [-0.1, -0.05) is 48.5 Å². The molecule has 1 aliphatic rings. The fourth-order valence-corrected chi connectivity index (χ4v) is 4.69. The van der Waals surface area contributed by atoms with Crippen LogP contribution in [0.3, 0.4) is 0 Å². The molecule has 0 aliphatic carbocycles. The summed E-state index contributed by atoms with van der Waals surface area (Å²) in [6.07, 6.45) is 0. The average molecular weight is 469 g/mol. The van der Waals surface area contributed by atoms with Gasteiger partial charge in [0.15, 0.2) is 0 Å². The van der Waals surface area contributed by atoms with Crippen LogP contribution in [0.2, 0.25) is 0 Å². The zero-order chi connectivity index (χ0) is 24.5. The van der Waals surface area contributed by atoms with Gasteiger partial charge in [-0.3, -0.25) is 14.4 Å². The molecule has 5 rings (SSSR count). The van der Waals surface area contributed by atoms with Crippen molar-refractivity contribution in [2.24, 2.45) is 5.73 Å². The predicted octanol–water partition coefficient (Wildman–Crippen LogP) is 2.99. The van der Waals surface area contributed by atoms with Crippen molar-refractivity contribution in [2.45, 2.75) is 6.04 Å². The van der Waals surface area contributed by atoms with Crippen molar-refractivity contribution in [3.05, 3.63) is 89.5 Å². The monoisotopic (exact) mass is 468 g/mol. The van der Waals surface area contributed by atoms with Gasteiger partial charge in [0.1, 0.15) is 12.3 Å². The van der Waals surface area contributed by atoms with E-state index in [1.165, 1.54) is 0 Å². The molecule has 1 atom stereocenters. The number of hydrogen-bond acceptors (Lipinski definition) is 4. The molecule has 0 fully saturated rings. The maximum absolute atomic E-state index is 13.5. The van der Waals surface area contributed by atoms with Crippen molar-refractivity contribution in [1.82, 2.24) is 15.2 Å². The number of methoxy groups -OCH3 is 1. The summed E-state index contributed by atoms with van der Waals surface area (Å²) >= 11 is 0. The first kappa shape index (κ1) is 22.2. The first-order chi connectivity index (χ1) is 17.0. The molecule has 2 heterocycles. The lowest BCUT2D eigenvalue weighted by atomic mass is 9.93. The van der Waals surface area contributed by atoms with Crippen molar-refractivity contribution < 1.29 is 19.1 Å². The summed E-state index contributed by atoms with van der Waals surface area (Å²) in [6, 6.07) is 22.4. The van der Waals surface area contributed by atoms with E-state index in [0.29, 0.717) is 11.3 Å². The van der Waals surface area contributed by atoms with Gasteiger partial charge in [0.25, 0.3) is 5.91 Å². The van der Waals surface area contributed by atoms with Gasteiger partial charge in [-0.2, -0.15) is 0 Å². The SMILES string of the molecule is COc1cccc(-c2[nH]c3ccccc3c2C2c3ccccc3C(=O)N2CC(=O)NCC(N)=O)c1. The van der Waals surface area contributed by atoms with Gasteiger partial charge >= 0.3 is 0 Å². The first-order valence-corrected chi connectivity index (χ1v) is 11.2. The number of nitrogens with one attached hydrogen (secondary N) is 2. The molecule has 3 aromatic carbocycles. The van der Waals surface area contributed by atoms with E-state index in [4.69, 9.17) is 10.5 Å². The van der Waals surface area contributed by atoms with Gasteiger partial charge in [0.2, 0.25) is 11.8 Å². The number of rotatable bonds is 7. The number of hydrogen-bond donors (Lipinski definition) is 3. The van der Waals surface area contributed by atoms with E-state index in [0.717, 1.165) is 33.3 Å². The molecule has 1 unspecified atom stereocenters. The minimum absolute atomic E-state index is 0.220. The number of amides is 3. The third-order valence-electron chi connectivity index (χ3n) is 6.21. The molecule has 4 N–H and O–H groups in total. The lowest BCUT2D eigenvalue weighted by Crippen LogP contribution is -2.42. The molecule has 8 heteroatoms. The lowest BCUT2D eigenvalue weighted by Gasteiger charge is -2.26. The van der Waals surface area contributed by atoms with Crippen LogP contribution in [0.1, 0.15) is 27.5 Å². The molecule has 0 radical (unpaired) electrons. The van der Waals surface area contributed by atoms with Gasteiger partial charge < -0.3 is 25.7 Å². The Hall–Kier alpha value is -4.59. The zero-order valence-corrected chi connectivity index (χ0v) is 19.1. The number of aromatic nitrogens is 1. The van der Waals surface area contributed by atoms with Crippen molar-refractivity contribution in [3.8, 4) is 17.0 Å². The minimum Gasteiger partial charge on any atom is -0.497 e. The van der Waals surface area contributed by atoms with Gasteiger partial charge in [0.05, 0.1) is 25.4 Å². The number of primary amides is 1. The standard InChI is InChI=1S/C27H24N4O4/c1-35-17-8-6-7-16(13-17)25-24(20-11-4-5-12-21(20)30-25)26-18-9-2-3-10-19(18)27(34)31(26)15-23(33)29-14-22(28)32/h2-13,26,30H,14-15H2,1H3,(H2,28,32)(H,29,33). The molecule has 8 nitrogen and oxygen atoms in total. The Bertz CT molecular complexity index is 1460. The Morgan fingerprint density at radius 2 is 1.83 bits per heavy atom. The summed E-state index contributed by atoms with van der Waals surface area (Å²) in [5.74, 6) is -0.653. The Morgan fingerprint density at radius 3 is 2.63 bits per heavy atom. The highest BCUT2D eigenvalue weighted by atomic mass is 16.5. The Balaban J connectivity index is 1.69. The highest BCUT2D eigenvalue weighted by Gasteiger charge is 2.41. The highest BCUT2D eigenvalue weighted by molar-refractivity contribution is 6.03. The number of H-pyrrole nitrogens is 1. The first-order valence-electron chi connectivity index (χ1n) is 11.2. The van der Waals surface area contributed by atoms with Crippen LogP contribution in [0.5, 0.6) is 5.75 Å². The van der Waals surface area contributed by atoms with Crippen LogP contribution in [0.15, 0.2) is 72.8 Å². The van der Waals surface area contributed by atoms with E-state index >= 15 is 0 Å². The Morgan fingerprint density at radius 1 is 1.06 bits per heavy atom. The fourth-order valence-electron chi connectivity index (χ4n) is 4.69. The lowest BCUT2D eigenvalue weighted by molar-refractivity contribution is -0.125. The Labute approximate surface area is 201 Å². The molecule has 4 aromatic rings.